The van der Waals surface area contributed by atoms with E-state index in [9.17, 15) is 18.8 Å². The molecule has 7 heteroatoms. The van der Waals surface area contributed by atoms with Crippen molar-refractivity contribution in [2.45, 2.75) is 25.8 Å². The van der Waals surface area contributed by atoms with Crippen molar-refractivity contribution in [2.24, 2.45) is 0 Å². The van der Waals surface area contributed by atoms with Crippen molar-refractivity contribution < 1.29 is 18.8 Å². The number of nitrogens with zero attached hydrogens (tertiary/aromatic N) is 1. The molecule has 0 radical (unpaired) electrons. The van der Waals surface area contributed by atoms with E-state index in [4.69, 9.17) is 0 Å². The van der Waals surface area contributed by atoms with Gasteiger partial charge >= 0.3 is 0 Å². The lowest BCUT2D eigenvalue weighted by atomic mass is 10.1. The molecule has 0 aliphatic carbocycles. The zero-order chi connectivity index (χ0) is 19.4. The smallest absolute Gasteiger partial charge is 0.251 e. The van der Waals surface area contributed by atoms with Gasteiger partial charge < -0.3 is 15.5 Å². The number of halogens is 1. The molecule has 1 fully saturated rings. The second-order valence-electron chi connectivity index (χ2n) is 6.36. The number of carbonyl (C=O) groups is 3. The molecule has 0 spiro atoms. The van der Waals surface area contributed by atoms with Gasteiger partial charge in [-0.25, -0.2) is 4.39 Å². The first-order chi connectivity index (χ1) is 13.0. The highest BCUT2D eigenvalue weighted by Gasteiger charge is 2.22. The molecule has 0 bridgehead atoms. The van der Waals surface area contributed by atoms with Gasteiger partial charge in [0.15, 0.2) is 0 Å². The van der Waals surface area contributed by atoms with Gasteiger partial charge in [-0.05, 0) is 49.7 Å². The molecule has 27 heavy (non-hydrogen) atoms. The molecule has 1 aliphatic heterocycles. The summed E-state index contributed by atoms with van der Waals surface area (Å²) in [4.78, 5) is 37.9. The Kier molecular flexibility index (Phi) is 5.49. The third-order valence-corrected chi connectivity index (χ3v) is 4.39. The van der Waals surface area contributed by atoms with Crippen molar-refractivity contribution >= 4 is 29.1 Å². The summed E-state index contributed by atoms with van der Waals surface area (Å²) in [7, 11) is 0. The van der Waals surface area contributed by atoms with E-state index < -0.39 is 23.7 Å². The number of rotatable bonds is 5. The van der Waals surface area contributed by atoms with E-state index in [0.29, 0.717) is 18.5 Å². The Morgan fingerprint density at radius 2 is 1.81 bits per heavy atom. The summed E-state index contributed by atoms with van der Waals surface area (Å²) in [5.74, 6) is -1.42. The van der Waals surface area contributed by atoms with Gasteiger partial charge in [-0.15, -0.1) is 0 Å². The Morgan fingerprint density at radius 3 is 2.44 bits per heavy atom. The number of benzene rings is 2. The SMILES string of the molecule is CC(NC(=O)c1ccc(N2CCCC2=O)cc1)C(=O)Nc1ccccc1F. The quantitative estimate of drug-likeness (QED) is 0.851. The molecule has 1 saturated heterocycles. The molecule has 6 nitrogen and oxygen atoms in total. The minimum Gasteiger partial charge on any atom is -0.341 e. The number of hydrogen-bond donors (Lipinski definition) is 2. The molecule has 2 aromatic rings. The molecule has 2 aromatic carbocycles. The molecular weight excluding hydrogens is 349 g/mol. The van der Waals surface area contributed by atoms with Gasteiger partial charge in [0.25, 0.3) is 5.91 Å². The molecule has 0 aromatic heterocycles. The van der Waals surface area contributed by atoms with Gasteiger partial charge in [-0.2, -0.15) is 0 Å². The molecule has 1 atom stereocenters. The molecule has 1 aliphatic rings. The van der Waals surface area contributed by atoms with Crippen molar-refractivity contribution in [3.05, 3.63) is 59.9 Å². The molecule has 140 valence electrons. The minimum absolute atomic E-state index is 0.0585. The number of nitrogens with one attached hydrogen (secondary N) is 2. The number of hydrogen-bond acceptors (Lipinski definition) is 3. The van der Waals surface area contributed by atoms with Crippen molar-refractivity contribution in [1.82, 2.24) is 5.32 Å². The summed E-state index contributed by atoms with van der Waals surface area (Å²) in [5.41, 5.74) is 1.18. The zero-order valence-electron chi connectivity index (χ0n) is 14.9. The molecule has 0 saturated carbocycles. The van der Waals surface area contributed by atoms with E-state index in [-0.39, 0.29) is 11.6 Å². The van der Waals surface area contributed by atoms with Crippen molar-refractivity contribution in [2.75, 3.05) is 16.8 Å². The molecular formula is C20H20FN3O3. The average Bonchev–Trinajstić information content (AvgIpc) is 3.09. The maximum atomic E-state index is 13.6. The van der Waals surface area contributed by atoms with E-state index in [2.05, 4.69) is 10.6 Å². The lowest BCUT2D eigenvalue weighted by Gasteiger charge is -2.17. The van der Waals surface area contributed by atoms with Crippen LogP contribution < -0.4 is 15.5 Å². The number of para-hydroxylation sites is 1. The van der Waals surface area contributed by atoms with Crippen molar-refractivity contribution in [1.29, 1.82) is 0 Å². The van der Waals surface area contributed by atoms with Crippen molar-refractivity contribution in [3.63, 3.8) is 0 Å². The van der Waals surface area contributed by atoms with Crippen LogP contribution in [0.5, 0.6) is 0 Å². The summed E-state index contributed by atoms with van der Waals surface area (Å²) in [6, 6.07) is 11.6. The largest absolute Gasteiger partial charge is 0.341 e. The van der Waals surface area contributed by atoms with Crippen LogP contribution >= 0.6 is 0 Å². The molecule has 1 heterocycles. The van der Waals surface area contributed by atoms with Crippen LogP contribution in [-0.2, 0) is 9.59 Å². The first-order valence-corrected chi connectivity index (χ1v) is 8.72. The molecule has 2 N–H and O–H groups in total. The number of amides is 3. The molecule has 3 rings (SSSR count). The molecule has 3 amide bonds. The third kappa shape index (κ3) is 4.31. The van der Waals surface area contributed by atoms with Crippen LogP contribution in [0.15, 0.2) is 48.5 Å². The fourth-order valence-electron chi connectivity index (χ4n) is 2.86. The lowest BCUT2D eigenvalue weighted by molar-refractivity contribution is -0.118. The third-order valence-electron chi connectivity index (χ3n) is 4.39. The Hall–Kier alpha value is -3.22. The fraction of sp³-hybridized carbons (Fsp3) is 0.250. The number of carbonyl (C=O) groups excluding carboxylic acids is 3. The summed E-state index contributed by atoms with van der Waals surface area (Å²) in [5, 5.41) is 5.02. The monoisotopic (exact) mass is 369 g/mol. The summed E-state index contributed by atoms with van der Waals surface area (Å²) < 4.78 is 13.6. The van der Waals surface area contributed by atoms with Crippen LogP contribution in [0.3, 0.4) is 0 Å². The van der Waals surface area contributed by atoms with Gasteiger partial charge in [0.2, 0.25) is 11.8 Å². The Morgan fingerprint density at radius 1 is 1.11 bits per heavy atom. The predicted molar refractivity (Wildman–Crippen MR) is 100.0 cm³/mol. The normalized spacial score (nSPS) is 14.7. The van der Waals surface area contributed by atoms with Crippen LogP contribution in [-0.4, -0.2) is 30.3 Å². The van der Waals surface area contributed by atoms with Crippen LogP contribution in [0.25, 0.3) is 0 Å². The van der Waals surface area contributed by atoms with Gasteiger partial charge in [0, 0.05) is 24.2 Å². The first kappa shape index (κ1) is 18.6. The summed E-state index contributed by atoms with van der Waals surface area (Å²) >= 11 is 0. The summed E-state index contributed by atoms with van der Waals surface area (Å²) in [6.45, 7) is 2.20. The zero-order valence-corrected chi connectivity index (χ0v) is 14.9. The second-order valence-corrected chi connectivity index (χ2v) is 6.36. The van der Waals surface area contributed by atoms with Gasteiger partial charge in [0.05, 0.1) is 5.69 Å². The Balaban J connectivity index is 1.60. The lowest BCUT2D eigenvalue weighted by Crippen LogP contribution is -2.41. The Bertz CT molecular complexity index is 867. The fourth-order valence-corrected chi connectivity index (χ4v) is 2.86. The van der Waals surface area contributed by atoms with Crippen LogP contribution in [0.4, 0.5) is 15.8 Å². The van der Waals surface area contributed by atoms with Crippen LogP contribution in [0.2, 0.25) is 0 Å². The maximum Gasteiger partial charge on any atom is 0.251 e. The first-order valence-electron chi connectivity index (χ1n) is 8.72. The second kappa shape index (κ2) is 7.99. The van der Waals surface area contributed by atoms with Gasteiger partial charge in [-0.1, -0.05) is 12.1 Å². The molecule has 1 unspecified atom stereocenters. The minimum atomic E-state index is -0.850. The highest BCUT2D eigenvalue weighted by atomic mass is 19.1. The van der Waals surface area contributed by atoms with Gasteiger partial charge in [-0.3, -0.25) is 14.4 Å². The van der Waals surface area contributed by atoms with E-state index in [1.54, 1.807) is 35.2 Å². The topological polar surface area (TPSA) is 78.5 Å². The average molecular weight is 369 g/mol. The highest BCUT2D eigenvalue weighted by molar-refractivity contribution is 6.01. The Labute approximate surface area is 156 Å². The van der Waals surface area contributed by atoms with Crippen molar-refractivity contribution in [3.8, 4) is 0 Å². The van der Waals surface area contributed by atoms with E-state index in [1.165, 1.54) is 25.1 Å². The van der Waals surface area contributed by atoms with E-state index in [1.807, 2.05) is 0 Å². The maximum absolute atomic E-state index is 13.6. The van der Waals surface area contributed by atoms with E-state index in [0.717, 1.165) is 12.1 Å². The van der Waals surface area contributed by atoms with Crippen LogP contribution in [0, 0.1) is 5.82 Å². The van der Waals surface area contributed by atoms with E-state index >= 15 is 0 Å². The summed E-state index contributed by atoms with van der Waals surface area (Å²) in [6.07, 6.45) is 1.37. The predicted octanol–water partition coefficient (Wildman–Crippen LogP) is 2.71. The van der Waals surface area contributed by atoms with Crippen LogP contribution in [0.1, 0.15) is 30.1 Å². The van der Waals surface area contributed by atoms with Gasteiger partial charge in [0.1, 0.15) is 11.9 Å². The highest BCUT2D eigenvalue weighted by Crippen LogP contribution is 2.21. The standard InChI is InChI=1S/C20H20FN3O3/c1-13(19(26)23-17-6-3-2-5-16(17)21)22-20(27)14-8-10-15(11-9-14)24-12-4-7-18(24)25/h2-3,5-6,8-11,13H,4,7,12H2,1H3,(H,22,27)(H,23,26). The number of anilines is 2.